The third-order valence-electron chi connectivity index (χ3n) is 8.02. The Bertz CT molecular complexity index is 522. The molecule has 4 nitrogen and oxygen atoms in total. The van der Waals surface area contributed by atoms with E-state index in [2.05, 4.69) is 19.2 Å². The van der Waals surface area contributed by atoms with Crippen LogP contribution in [0.25, 0.3) is 0 Å². The second kappa shape index (κ2) is 31.7. The van der Waals surface area contributed by atoms with Gasteiger partial charge < -0.3 is 15.5 Å². The van der Waals surface area contributed by atoms with Crippen molar-refractivity contribution < 1.29 is 15.0 Å². The van der Waals surface area contributed by atoms with Crippen molar-refractivity contribution in [1.29, 1.82) is 0 Å². The Morgan fingerprint density at radius 3 is 1.33 bits per heavy atom. The number of unbranched alkanes of at least 4 members (excludes halogenated alkanes) is 24. The van der Waals surface area contributed by atoms with Crippen LogP contribution < -0.4 is 5.32 Å². The van der Waals surface area contributed by atoms with E-state index in [1.54, 1.807) is 6.08 Å². The molecule has 0 spiro atoms. The van der Waals surface area contributed by atoms with E-state index in [4.69, 9.17) is 0 Å². The van der Waals surface area contributed by atoms with Gasteiger partial charge >= 0.3 is 0 Å². The standard InChI is InChI=1S/C35H69NO3/c1-3-5-7-9-11-13-15-17-18-19-21-23-25-27-29-31-35(39)36-33(32-37)34(38)30-28-26-24-22-20-16-14-12-10-8-6-4-2/h28,30,33-34,37-38H,3-27,29,31-32H2,1-2H3,(H,36,39)/b30-28+/t33-,34+/m1/s1. The summed E-state index contributed by atoms with van der Waals surface area (Å²) in [5.41, 5.74) is 0. The maximum Gasteiger partial charge on any atom is 0.220 e. The molecule has 0 aromatic carbocycles. The molecule has 4 heteroatoms. The molecule has 2 atom stereocenters. The minimum absolute atomic E-state index is 0.0640. The number of aliphatic hydroxyl groups excluding tert-OH is 2. The van der Waals surface area contributed by atoms with Crippen molar-refractivity contribution in [2.45, 2.75) is 199 Å². The molecule has 0 fully saturated rings. The number of hydrogen-bond donors (Lipinski definition) is 3. The number of amides is 1. The molecule has 0 bridgehead atoms. The second-order valence-corrected chi connectivity index (χ2v) is 11.9. The first-order valence-corrected chi connectivity index (χ1v) is 17.4. The number of hydrogen-bond acceptors (Lipinski definition) is 3. The number of rotatable bonds is 31. The summed E-state index contributed by atoms with van der Waals surface area (Å²) in [7, 11) is 0. The number of allylic oxidation sites excluding steroid dienone is 1. The predicted octanol–water partition coefficient (Wildman–Crippen LogP) is 9.95. The third-order valence-corrected chi connectivity index (χ3v) is 8.02. The zero-order chi connectivity index (χ0) is 28.7. The highest BCUT2D eigenvalue weighted by Crippen LogP contribution is 2.14. The molecule has 0 aromatic rings. The predicted molar refractivity (Wildman–Crippen MR) is 170 cm³/mol. The highest BCUT2D eigenvalue weighted by atomic mass is 16.3. The van der Waals surface area contributed by atoms with Crippen LogP contribution in [0.5, 0.6) is 0 Å². The lowest BCUT2D eigenvalue weighted by Gasteiger charge is -2.20. The Kier molecular flexibility index (Phi) is 30.9. The summed E-state index contributed by atoms with van der Waals surface area (Å²) < 4.78 is 0. The van der Waals surface area contributed by atoms with Gasteiger partial charge in [-0.2, -0.15) is 0 Å². The van der Waals surface area contributed by atoms with Crippen LogP contribution in [0.15, 0.2) is 12.2 Å². The highest BCUT2D eigenvalue weighted by Gasteiger charge is 2.17. The normalized spacial score (nSPS) is 13.2. The van der Waals surface area contributed by atoms with E-state index in [-0.39, 0.29) is 12.5 Å². The Morgan fingerprint density at radius 1 is 0.590 bits per heavy atom. The first kappa shape index (κ1) is 38.1. The molecule has 0 aliphatic carbocycles. The van der Waals surface area contributed by atoms with Crippen LogP contribution in [-0.2, 0) is 4.79 Å². The first-order chi connectivity index (χ1) is 19.2. The Balaban J connectivity index is 3.61. The van der Waals surface area contributed by atoms with Crippen LogP contribution in [0.3, 0.4) is 0 Å². The summed E-state index contributed by atoms with van der Waals surface area (Å²) in [4.78, 5) is 12.3. The SMILES string of the molecule is CCCCCCCCCCCC/C=C/[C@H](O)[C@@H](CO)NC(=O)CCCCCCCCCCCCCCCCC. The van der Waals surface area contributed by atoms with Crippen LogP contribution in [0.4, 0.5) is 0 Å². The minimum atomic E-state index is -0.830. The van der Waals surface area contributed by atoms with Crippen LogP contribution in [0.1, 0.15) is 187 Å². The Hall–Kier alpha value is -0.870. The van der Waals surface area contributed by atoms with Gasteiger partial charge in [-0.15, -0.1) is 0 Å². The second-order valence-electron chi connectivity index (χ2n) is 11.9. The van der Waals surface area contributed by atoms with Crippen molar-refractivity contribution in [3.63, 3.8) is 0 Å². The van der Waals surface area contributed by atoms with Gasteiger partial charge in [-0.25, -0.2) is 0 Å². The lowest BCUT2D eigenvalue weighted by Crippen LogP contribution is -2.45. The molecule has 0 unspecified atom stereocenters. The van der Waals surface area contributed by atoms with E-state index >= 15 is 0 Å². The maximum absolute atomic E-state index is 12.3. The number of aliphatic hydroxyl groups is 2. The van der Waals surface area contributed by atoms with Crippen molar-refractivity contribution in [1.82, 2.24) is 5.32 Å². The van der Waals surface area contributed by atoms with Crippen LogP contribution in [0.2, 0.25) is 0 Å². The average molecular weight is 552 g/mol. The topological polar surface area (TPSA) is 69.6 Å². The van der Waals surface area contributed by atoms with Crippen molar-refractivity contribution in [2.24, 2.45) is 0 Å². The lowest BCUT2D eigenvalue weighted by molar-refractivity contribution is -0.123. The molecule has 0 radical (unpaired) electrons. The monoisotopic (exact) mass is 552 g/mol. The van der Waals surface area contributed by atoms with Crippen molar-refractivity contribution in [3.05, 3.63) is 12.2 Å². The van der Waals surface area contributed by atoms with E-state index in [0.29, 0.717) is 6.42 Å². The van der Waals surface area contributed by atoms with E-state index in [1.807, 2.05) is 6.08 Å². The van der Waals surface area contributed by atoms with Gasteiger partial charge in [-0.1, -0.05) is 174 Å². The molecule has 1 amide bonds. The molecule has 3 N–H and O–H groups in total. The Morgan fingerprint density at radius 2 is 0.949 bits per heavy atom. The van der Waals surface area contributed by atoms with Crippen molar-refractivity contribution in [3.8, 4) is 0 Å². The quantitative estimate of drug-likeness (QED) is 0.0593. The Labute approximate surface area is 244 Å². The van der Waals surface area contributed by atoms with Crippen molar-refractivity contribution in [2.75, 3.05) is 6.61 Å². The van der Waals surface area contributed by atoms with Gasteiger partial charge in [0.05, 0.1) is 18.8 Å². The molecule has 0 saturated carbocycles. The molecule has 39 heavy (non-hydrogen) atoms. The summed E-state index contributed by atoms with van der Waals surface area (Å²) in [5, 5.41) is 22.8. The molecule has 0 aromatic heterocycles. The van der Waals surface area contributed by atoms with Gasteiger partial charge in [0.15, 0.2) is 0 Å². The molecule has 232 valence electrons. The summed E-state index contributed by atoms with van der Waals surface area (Å²) in [6, 6.07) is -0.613. The van der Waals surface area contributed by atoms with Crippen LogP contribution >= 0.6 is 0 Å². The van der Waals surface area contributed by atoms with Gasteiger partial charge in [-0.05, 0) is 19.3 Å². The zero-order valence-electron chi connectivity index (χ0n) is 26.4. The molecule has 0 aliphatic heterocycles. The molecule has 0 rings (SSSR count). The number of carbonyl (C=O) groups is 1. The van der Waals surface area contributed by atoms with E-state index < -0.39 is 12.1 Å². The largest absolute Gasteiger partial charge is 0.394 e. The van der Waals surface area contributed by atoms with Crippen LogP contribution in [0, 0.1) is 0 Å². The minimum Gasteiger partial charge on any atom is -0.394 e. The lowest BCUT2D eigenvalue weighted by atomic mass is 10.0. The third kappa shape index (κ3) is 28.5. The fourth-order valence-corrected chi connectivity index (χ4v) is 5.29. The molecular formula is C35H69NO3. The van der Waals surface area contributed by atoms with Gasteiger partial charge in [-0.3, -0.25) is 4.79 Å². The average Bonchev–Trinajstić information content (AvgIpc) is 2.94. The van der Waals surface area contributed by atoms with E-state index in [0.717, 1.165) is 25.7 Å². The van der Waals surface area contributed by atoms with E-state index in [9.17, 15) is 15.0 Å². The van der Waals surface area contributed by atoms with Crippen LogP contribution in [-0.4, -0.2) is 34.9 Å². The summed E-state index contributed by atoms with van der Waals surface area (Å²) in [6.45, 7) is 4.29. The molecule has 0 aliphatic rings. The fourth-order valence-electron chi connectivity index (χ4n) is 5.29. The molecule has 0 heterocycles. The van der Waals surface area contributed by atoms with Gasteiger partial charge in [0.2, 0.25) is 5.91 Å². The van der Waals surface area contributed by atoms with E-state index in [1.165, 1.54) is 141 Å². The summed E-state index contributed by atoms with van der Waals surface area (Å²) in [5.74, 6) is -0.0640. The zero-order valence-corrected chi connectivity index (χ0v) is 26.4. The summed E-state index contributed by atoms with van der Waals surface area (Å²) in [6.07, 6.45) is 37.1. The highest BCUT2D eigenvalue weighted by molar-refractivity contribution is 5.76. The maximum atomic E-state index is 12.3. The van der Waals surface area contributed by atoms with Gasteiger partial charge in [0, 0.05) is 6.42 Å². The van der Waals surface area contributed by atoms with Crippen molar-refractivity contribution >= 4 is 5.91 Å². The number of carbonyl (C=O) groups excluding carboxylic acids is 1. The fraction of sp³-hybridized carbons (Fsp3) is 0.914. The molecular weight excluding hydrogens is 482 g/mol. The molecule has 0 saturated heterocycles. The summed E-state index contributed by atoms with van der Waals surface area (Å²) >= 11 is 0. The van der Waals surface area contributed by atoms with Gasteiger partial charge in [0.1, 0.15) is 0 Å². The first-order valence-electron chi connectivity index (χ1n) is 17.4. The van der Waals surface area contributed by atoms with Gasteiger partial charge in [0.25, 0.3) is 0 Å². The smallest absolute Gasteiger partial charge is 0.220 e. The number of nitrogens with one attached hydrogen (secondary N) is 1.